The van der Waals surface area contributed by atoms with Crippen molar-refractivity contribution in [1.82, 2.24) is 0 Å². The maximum atomic E-state index is 11.9. The molecule has 0 unspecified atom stereocenters. The maximum absolute atomic E-state index is 11.9. The fourth-order valence-electron chi connectivity index (χ4n) is 1.72. The molecular weight excluding hydrogens is 240 g/mol. The standard InChI is InChI=1S/C15H16N2O2/c1-11(2)12-3-5-14(6-4-12)16-15(18)13-7-9-17(19)10-8-13/h3-11H,1-2H3,(H,16,18). The van der Waals surface area contributed by atoms with Crippen LogP contribution >= 0.6 is 0 Å². The lowest BCUT2D eigenvalue weighted by Crippen LogP contribution is -2.25. The third-order valence-corrected chi connectivity index (χ3v) is 2.90. The van der Waals surface area contributed by atoms with E-state index in [1.54, 1.807) is 0 Å². The molecule has 1 heterocycles. The molecule has 0 aliphatic rings. The van der Waals surface area contributed by atoms with Crippen LogP contribution in [-0.2, 0) is 0 Å². The average Bonchev–Trinajstić information content (AvgIpc) is 2.40. The van der Waals surface area contributed by atoms with Crippen molar-refractivity contribution >= 4 is 11.6 Å². The molecule has 0 atom stereocenters. The molecule has 4 nitrogen and oxygen atoms in total. The zero-order chi connectivity index (χ0) is 13.8. The topological polar surface area (TPSA) is 56.0 Å². The number of anilines is 1. The van der Waals surface area contributed by atoms with E-state index in [-0.39, 0.29) is 5.91 Å². The minimum atomic E-state index is -0.224. The van der Waals surface area contributed by atoms with Gasteiger partial charge in [0.15, 0.2) is 12.4 Å². The highest BCUT2D eigenvalue weighted by atomic mass is 16.5. The molecule has 0 spiro atoms. The maximum Gasteiger partial charge on any atom is 0.256 e. The van der Waals surface area contributed by atoms with Crippen LogP contribution in [0.4, 0.5) is 5.69 Å². The Morgan fingerprint density at radius 1 is 1.11 bits per heavy atom. The number of carbonyl (C=O) groups is 1. The second kappa shape index (κ2) is 5.52. The van der Waals surface area contributed by atoms with Crippen LogP contribution in [0.2, 0.25) is 0 Å². The van der Waals surface area contributed by atoms with Crippen molar-refractivity contribution in [2.45, 2.75) is 19.8 Å². The normalized spacial score (nSPS) is 10.5. The molecule has 0 aliphatic carbocycles. The van der Waals surface area contributed by atoms with Crippen molar-refractivity contribution in [3.8, 4) is 0 Å². The first-order valence-electron chi connectivity index (χ1n) is 6.16. The first kappa shape index (κ1) is 13.1. The zero-order valence-electron chi connectivity index (χ0n) is 11.0. The van der Waals surface area contributed by atoms with E-state index in [1.165, 1.54) is 30.1 Å². The lowest BCUT2D eigenvalue weighted by molar-refractivity contribution is -0.605. The number of nitrogens with zero attached hydrogens (tertiary/aromatic N) is 1. The summed E-state index contributed by atoms with van der Waals surface area (Å²) >= 11 is 0. The smallest absolute Gasteiger partial charge is 0.256 e. The summed E-state index contributed by atoms with van der Waals surface area (Å²) in [6.07, 6.45) is 2.60. The highest BCUT2D eigenvalue weighted by Gasteiger charge is 2.07. The molecule has 0 aliphatic heterocycles. The Bertz CT molecular complexity index is 560. The quantitative estimate of drug-likeness (QED) is 0.678. The van der Waals surface area contributed by atoms with Gasteiger partial charge in [-0.3, -0.25) is 4.79 Å². The molecule has 2 aromatic rings. The van der Waals surface area contributed by atoms with E-state index in [4.69, 9.17) is 0 Å². The van der Waals surface area contributed by atoms with E-state index in [0.717, 1.165) is 5.69 Å². The van der Waals surface area contributed by atoms with E-state index in [9.17, 15) is 10.0 Å². The van der Waals surface area contributed by atoms with Crippen LogP contribution in [0.15, 0.2) is 48.8 Å². The number of hydrogen-bond donors (Lipinski definition) is 1. The highest BCUT2D eigenvalue weighted by Crippen LogP contribution is 2.17. The van der Waals surface area contributed by atoms with Gasteiger partial charge in [-0.05, 0) is 23.6 Å². The molecule has 4 heteroatoms. The highest BCUT2D eigenvalue weighted by molar-refractivity contribution is 6.04. The number of benzene rings is 1. The summed E-state index contributed by atoms with van der Waals surface area (Å²) in [7, 11) is 0. The Morgan fingerprint density at radius 3 is 2.21 bits per heavy atom. The third-order valence-electron chi connectivity index (χ3n) is 2.90. The van der Waals surface area contributed by atoms with Gasteiger partial charge in [0.1, 0.15) is 0 Å². The van der Waals surface area contributed by atoms with Crippen molar-refractivity contribution < 1.29 is 9.52 Å². The Hall–Kier alpha value is -2.36. The molecule has 1 aromatic heterocycles. The zero-order valence-corrected chi connectivity index (χ0v) is 11.0. The van der Waals surface area contributed by atoms with Crippen molar-refractivity contribution in [3.63, 3.8) is 0 Å². The molecule has 0 radical (unpaired) electrons. The van der Waals surface area contributed by atoms with E-state index in [2.05, 4.69) is 19.2 Å². The van der Waals surface area contributed by atoms with Crippen LogP contribution < -0.4 is 10.0 Å². The van der Waals surface area contributed by atoms with Gasteiger partial charge in [0.25, 0.3) is 5.91 Å². The summed E-state index contributed by atoms with van der Waals surface area (Å²) in [5.74, 6) is 0.240. The summed E-state index contributed by atoms with van der Waals surface area (Å²) in [5, 5.41) is 13.7. The van der Waals surface area contributed by atoms with Gasteiger partial charge in [-0.2, -0.15) is 4.73 Å². The Kier molecular flexibility index (Phi) is 3.80. The van der Waals surface area contributed by atoms with Crippen LogP contribution in [0.1, 0.15) is 35.7 Å². The van der Waals surface area contributed by atoms with E-state index in [0.29, 0.717) is 16.2 Å². The van der Waals surface area contributed by atoms with Crippen LogP contribution in [0.3, 0.4) is 0 Å². The molecule has 0 saturated carbocycles. The van der Waals surface area contributed by atoms with Gasteiger partial charge >= 0.3 is 0 Å². The van der Waals surface area contributed by atoms with Crippen molar-refractivity contribution in [3.05, 3.63) is 65.1 Å². The fraction of sp³-hybridized carbons (Fsp3) is 0.200. The average molecular weight is 256 g/mol. The predicted molar refractivity (Wildman–Crippen MR) is 73.9 cm³/mol. The van der Waals surface area contributed by atoms with E-state index < -0.39 is 0 Å². The first-order chi connectivity index (χ1) is 9.06. The Balaban J connectivity index is 2.08. The van der Waals surface area contributed by atoms with Gasteiger partial charge in [0.05, 0.1) is 5.56 Å². The minimum Gasteiger partial charge on any atom is -0.619 e. The van der Waals surface area contributed by atoms with Gasteiger partial charge in [0, 0.05) is 17.8 Å². The number of pyridine rings is 1. The Morgan fingerprint density at radius 2 is 1.68 bits per heavy atom. The number of aromatic nitrogens is 1. The molecule has 0 saturated heterocycles. The molecule has 2 rings (SSSR count). The fourth-order valence-corrected chi connectivity index (χ4v) is 1.72. The van der Waals surface area contributed by atoms with Crippen LogP contribution in [0.5, 0.6) is 0 Å². The number of nitrogens with one attached hydrogen (secondary N) is 1. The molecule has 0 bridgehead atoms. The number of rotatable bonds is 3. The second-order valence-corrected chi connectivity index (χ2v) is 4.68. The van der Waals surface area contributed by atoms with Gasteiger partial charge < -0.3 is 10.5 Å². The van der Waals surface area contributed by atoms with Gasteiger partial charge in [-0.15, -0.1) is 0 Å². The minimum absolute atomic E-state index is 0.224. The predicted octanol–water partition coefficient (Wildman–Crippen LogP) is 2.70. The number of carbonyl (C=O) groups excluding carboxylic acids is 1. The monoisotopic (exact) mass is 256 g/mol. The molecule has 19 heavy (non-hydrogen) atoms. The van der Waals surface area contributed by atoms with Crippen molar-refractivity contribution in [2.75, 3.05) is 5.32 Å². The van der Waals surface area contributed by atoms with Crippen molar-refractivity contribution in [1.29, 1.82) is 0 Å². The second-order valence-electron chi connectivity index (χ2n) is 4.68. The lowest BCUT2D eigenvalue weighted by atomic mass is 10.0. The van der Waals surface area contributed by atoms with Crippen LogP contribution in [-0.4, -0.2) is 5.91 Å². The molecule has 1 amide bonds. The largest absolute Gasteiger partial charge is 0.619 e. The van der Waals surface area contributed by atoms with Gasteiger partial charge in [-0.25, -0.2) is 0 Å². The van der Waals surface area contributed by atoms with E-state index in [1.807, 2.05) is 24.3 Å². The first-order valence-corrected chi connectivity index (χ1v) is 6.16. The molecule has 1 aromatic carbocycles. The van der Waals surface area contributed by atoms with Gasteiger partial charge in [0.2, 0.25) is 0 Å². The van der Waals surface area contributed by atoms with Gasteiger partial charge in [-0.1, -0.05) is 26.0 Å². The Labute approximate surface area is 112 Å². The molecule has 1 N–H and O–H groups in total. The number of hydrogen-bond acceptors (Lipinski definition) is 2. The summed E-state index contributed by atoms with van der Waals surface area (Å²) in [4.78, 5) is 11.9. The lowest BCUT2D eigenvalue weighted by Gasteiger charge is -2.08. The summed E-state index contributed by atoms with van der Waals surface area (Å²) < 4.78 is 0.647. The van der Waals surface area contributed by atoms with E-state index >= 15 is 0 Å². The summed E-state index contributed by atoms with van der Waals surface area (Å²) in [6, 6.07) is 10.7. The van der Waals surface area contributed by atoms with Crippen molar-refractivity contribution in [2.24, 2.45) is 0 Å². The number of amides is 1. The summed E-state index contributed by atoms with van der Waals surface area (Å²) in [6.45, 7) is 4.24. The molecular formula is C15H16N2O2. The van der Waals surface area contributed by atoms with Crippen LogP contribution in [0, 0.1) is 5.21 Å². The summed E-state index contributed by atoms with van der Waals surface area (Å²) in [5.41, 5.74) is 2.43. The third kappa shape index (κ3) is 3.31. The van der Waals surface area contributed by atoms with Crippen LogP contribution in [0.25, 0.3) is 0 Å². The SMILES string of the molecule is CC(C)c1ccc(NC(=O)c2cc[n+]([O-])cc2)cc1. The molecule has 0 fully saturated rings. The molecule has 98 valence electrons.